The molecule has 2 rings (SSSR count). The second-order valence-corrected chi connectivity index (χ2v) is 8.28. The van der Waals surface area contributed by atoms with Gasteiger partial charge in [-0.15, -0.1) is 0 Å². The van der Waals surface area contributed by atoms with Gasteiger partial charge in [-0.2, -0.15) is 5.26 Å². The fourth-order valence-corrected chi connectivity index (χ4v) is 5.12. The van der Waals surface area contributed by atoms with Crippen LogP contribution in [0.25, 0.3) is 0 Å². The number of hydrogen-bond acceptors (Lipinski definition) is 1. The molecule has 0 N–H and O–H groups in total. The van der Waals surface area contributed by atoms with Crippen molar-refractivity contribution in [2.45, 2.75) is 97.3 Å². The lowest BCUT2D eigenvalue weighted by Gasteiger charge is -2.39. The second kappa shape index (κ2) is 9.59. The zero-order chi connectivity index (χ0) is 15.8. The van der Waals surface area contributed by atoms with E-state index >= 15 is 0 Å². The van der Waals surface area contributed by atoms with Crippen LogP contribution in [0.2, 0.25) is 0 Å². The van der Waals surface area contributed by atoms with Gasteiger partial charge in [0.1, 0.15) is 0 Å². The van der Waals surface area contributed by atoms with Gasteiger partial charge >= 0.3 is 0 Å². The van der Waals surface area contributed by atoms with E-state index in [1.165, 1.54) is 77.0 Å². The van der Waals surface area contributed by atoms with E-state index < -0.39 is 0 Å². The van der Waals surface area contributed by atoms with Crippen LogP contribution in [0.3, 0.4) is 0 Å². The minimum atomic E-state index is 0.711. The van der Waals surface area contributed by atoms with Gasteiger partial charge in [0.25, 0.3) is 0 Å². The highest BCUT2D eigenvalue weighted by molar-refractivity contribution is 4.85. The first-order chi connectivity index (χ1) is 10.7. The van der Waals surface area contributed by atoms with Crippen LogP contribution in [0.4, 0.5) is 0 Å². The van der Waals surface area contributed by atoms with E-state index in [0.717, 1.165) is 30.1 Å². The van der Waals surface area contributed by atoms with Crippen molar-refractivity contribution >= 4 is 0 Å². The third-order valence-corrected chi connectivity index (χ3v) is 6.87. The molecule has 1 atom stereocenters. The topological polar surface area (TPSA) is 23.8 Å². The molecule has 0 spiro atoms. The Morgan fingerprint density at radius 3 is 1.91 bits per heavy atom. The Balaban J connectivity index is 1.67. The van der Waals surface area contributed by atoms with Crippen LogP contribution in [0, 0.1) is 40.9 Å². The highest BCUT2D eigenvalue weighted by Gasteiger charge is 2.32. The summed E-state index contributed by atoms with van der Waals surface area (Å²) in [6.45, 7) is 4.85. The molecule has 2 aliphatic rings. The molecule has 0 aromatic rings. The van der Waals surface area contributed by atoms with E-state index in [9.17, 15) is 0 Å². The Morgan fingerprint density at radius 1 is 0.864 bits per heavy atom. The van der Waals surface area contributed by atoms with Crippen molar-refractivity contribution in [2.24, 2.45) is 29.6 Å². The summed E-state index contributed by atoms with van der Waals surface area (Å²) >= 11 is 0. The average molecular weight is 304 g/mol. The van der Waals surface area contributed by atoms with Crippen LogP contribution in [-0.4, -0.2) is 0 Å². The summed E-state index contributed by atoms with van der Waals surface area (Å²) in [7, 11) is 0. The molecule has 0 aromatic carbocycles. The average Bonchev–Trinajstić information content (AvgIpc) is 2.56. The molecule has 126 valence electrons. The van der Waals surface area contributed by atoms with Crippen LogP contribution in [0.5, 0.6) is 0 Å². The second-order valence-electron chi connectivity index (χ2n) is 8.28. The number of rotatable bonds is 7. The minimum Gasteiger partial charge on any atom is -0.198 e. The summed E-state index contributed by atoms with van der Waals surface area (Å²) in [5.74, 6) is 4.64. The molecular formula is C21H37N. The predicted molar refractivity (Wildman–Crippen MR) is 94.4 cm³/mol. The largest absolute Gasteiger partial charge is 0.198 e. The first-order valence-corrected chi connectivity index (χ1v) is 10.1. The molecule has 0 amide bonds. The van der Waals surface area contributed by atoms with Crippen LogP contribution < -0.4 is 0 Å². The van der Waals surface area contributed by atoms with Gasteiger partial charge in [-0.25, -0.2) is 0 Å². The van der Waals surface area contributed by atoms with Gasteiger partial charge in [-0.1, -0.05) is 52.4 Å². The maximum atomic E-state index is 8.85. The predicted octanol–water partition coefficient (Wildman–Crippen LogP) is 6.73. The van der Waals surface area contributed by atoms with Crippen molar-refractivity contribution in [3.8, 4) is 6.07 Å². The van der Waals surface area contributed by atoms with Gasteiger partial charge < -0.3 is 0 Å². The standard InChI is InChI=1S/C21H37N/c1-3-4-5-6-18-7-11-20(12-8-18)17(2)21-13-9-19(10-14-21)15-16-22/h17-21H,3-15H2,1-2H3. The highest BCUT2D eigenvalue weighted by Crippen LogP contribution is 2.43. The molecule has 2 fully saturated rings. The van der Waals surface area contributed by atoms with Crippen molar-refractivity contribution in [1.82, 2.24) is 0 Å². The Hall–Kier alpha value is -0.510. The fraction of sp³-hybridized carbons (Fsp3) is 0.952. The van der Waals surface area contributed by atoms with Crippen LogP contribution >= 0.6 is 0 Å². The lowest BCUT2D eigenvalue weighted by Crippen LogP contribution is -2.28. The first-order valence-electron chi connectivity index (χ1n) is 10.1. The molecule has 0 aliphatic heterocycles. The molecular weight excluding hydrogens is 266 g/mol. The zero-order valence-corrected chi connectivity index (χ0v) is 15.0. The van der Waals surface area contributed by atoms with Gasteiger partial charge in [0.05, 0.1) is 6.07 Å². The number of unbranched alkanes of at least 4 members (excludes halogenated alkanes) is 2. The summed E-state index contributed by atoms with van der Waals surface area (Å²) in [6, 6.07) is 2.37. The Labute approximate surface area is 138 Å². The lowest BCUT2D eigenvalue weighted by molar-refractivity contribution is 0.123. The number of hydrogen-bond donors (Lipinski definition) is 0. The summed E-state index contributed by atoms with van der Waals surface area (Å²) in [5.41, 5.74) is 0. The smallest absolute Gasteiger partial charge is 0.0624 e. The van der Waals surface area contributed by atoms with Gasteiger partial charge in [0.15, 0.2) is 0 Å². The molecule has 0 aromatic heterocycles. The maximum absolute atomic E-state index is 8.85. The molecule has 1 nitrogen and oxygen atoms in total. The molecule has 0 heterocycles. The van der Waals surface area contributed by atoms with Crippen molar-refractivity contribution in [3.05, 3.63) is 0 Å². The van der Waals surface area contributed by atoms with Crippen LogP contribution in [-0.2, 0) is 0 Å². The third kappa shape index (κ3) is 5.29. The van der Waals surface area contributed by atoms with Gasteiger partial charge in [0.2, 0.25) is 0 Å². The quantitative estimate of drug-likeness (QED) is 0.478. The molecule has 1 heteroatoms. The molecule has 0 saturated heterocycles. The van der Waals surface area contributed by atoms with E-state index in [1.54, 1.807) is 0 Å². The fourth-order valence-electron chi connectivity index (χ4n) is 5.12. The Bertz CT molecular complexity index is 326. The SMILES string of the molecule is CCCCCC1CCC(C(C)C2CCC(CC#N)CC2)CC1. The molecule has 0 bridgehead atoms. The van der Waals surface area contributed by atoms with Gasteiger partial charge in [-0.05, 0) is 68.1 Å². The molecule has 2 saturated carbocycles. The van der Waals surface area contributed by atoms with Gasteiger partial charge in [0, 0.05) is 6.42 Å². The zero-order valence-electron chi connectivity index (χ0n) is 15.0. The maximum Gasteiger partial charge on any atom is 0.0624 e. The Kier molecular flexibility index (Phi) is 7.77. The summed E-state index contributed by atoms with van der Waals surface area (Å²) < 4.78 is 0. The van der Waals surface area contributed by atoms with E-state index in [2.05, 4.69) is 19.9 Å². The first kappa shape index (κ1) is 17.8. The monoisotopic (exact) mass is 303 g/mol. The minimum absolute atomic E-state index is 0.711. The lowest BCUT2D eigenvalue weighted by atomic mass is 9.67. The Morgan fingerprint density at radius 2 is 1.41 bits per heavy atom. The summed E-state index contributed by atoms with van der Waals surface area (Å²) in [5, 5.41) is 8.85. The number of nitrogens with zero attached hydrogens (tertiary/aromatic N) is 1. The van der Waals surface area contributed by atoms with E-state index in [4.69, 9.17) is 5.26 Å². The molecule has 1 unspecified atom stereocenters. The third-order valence-electron chi connectivity index (χ3n) is 6.87. The molecule has 0 radical (unpaired) electrons. The van der Waals surface area contributed by atoms with Crippen molar-refractivity contribution in [1.29, 1.82) is 5.26 Å². The summed E-state index contributed by atoms with van der Waals surface area (Å²) in [4.78, 5) is 0. The van der Waals surface area contributed by atoms with Crippen molar-refractivity contribution in [3.63, 3.8) is 0 Å². The van der Waals surface area contributed by atoms with Crippen molar-refractivity contribution in [2.75, 3.05) is 0 Å². The van der Waals surface area contributed by atoms with E-state index in [0.29, 0.717) is 5.92 Å². The highest BCUT2D eigenvalue weighted by atomic mass is 14.4. The van der Waals surface area contributed by atoms with E-state index in [1.807, 2.05) is 0 Å². The van der Waals surface area contributed by atoms with E-state index in [-0.39, 0.29) is 0 Å². The molecule has 22 heavy (non-hydrogen) atoms. The van der Waals surface area contributed by atoms with Crippen LogP contribution in [0.1, 0.15) is 97.3 Å². The normalized spacial score (nSPS) is 34.0. The number of nitriles is 1. The van der Waals surface area contributed by atoms with Gasteiger partial charge in [-0.3, -0.25) is 0 Å². The molecule has 2 aliphatic carbocycles. The summed E-state index contributed by atoms with van der Waals surface area (Å²) in [6.07, 6.45) is 18.0. The van der Waals surface area contributed by atoms with Crippen LogP contribution in [0.15, 0.2) is 0 Å². The van der Waals surface area contributed by atoms with Crippen molar-refractivity contribution < 1.29 is 0 Å².